The lowest BCUT2D eigenvalue weighted by Gasteiger charge is -2.38. The smallest absolute Gasteiger partial charge is 0.121 e. The third-order valence-corrected chi connectivity index (χ3v) is 5.27. The van der Waals surface area contributed by atoms with Crippen molar-refractivity contribution in [2.75, 3.05) is 0 Å². The van der Waals surface area contributed by atoms with Crippen LogP contribution in [0.5, 0.6) is 0 Å². The number of aromatic amines is 1. The Balaban J connectivity index is 1.51. The Morgan fingerprint density at radius 3 is 2.46 bits per heavy atom. The first-order valence-electron chi connectivity index (χ1n) is 9.06. The topological polar surface area (TPSA) is 40.7 Å². The first-order valence-corrected chi connectivity index (χ1v) is 9.06. The number of fused-ring (bicyclic) bond motifs is 1. The van der Waals surface area contributed by atoms with Crippen LogP contribution in [0.15, 0.2) is 54.6 Å². The Hall–Kier alpha value is -2.13. The molecule has 0 saturated heterocycles. The van der Waals surface area contributed by atoms with Crippen LogP contribution in [0, 0.1) is 0 Å². The Morgan fingerprint density at radius 2 is 1.67 bits per heavy atom. The van der Waals surface area contributed by atoms with Gasteiger partial charge in [0.15, 0.2) is 0 Å². The number of para-hydroxylation sites is 2. The molecule has 4 rings (SSSR count). The first-order chi connectivity index (χ1) is 11.8. The summed E-state index contributed by atoms with van der Waals surface area (Å²) in [6.45, 7) is 0.807. The van der Waals surface area contributed by atoms with E-state index in [1.165, 1.54) is 37.7 Å². The van der Waals surface area contributed by atoms with E-state index in [-0.39, 0.29) is 5.54 Å². The molecule has 1 aliphatic rings. The van der Waals surface area contributed by atoms with Gasteiger partial charge in [-0.2, -0.15) is 0 Å². The maximum Gasteiger partial charge on any atom is 0.121 e. The molecule has 0 aliphatic heterocycles. The summed E-state index contributed by atoms with van der Waals surface area (Å²) in [6.07, 6.45) is 7.61. The van der Waals surface area contributed by atoms with Crippen molar-refractivity contribution in [3.63, 3.8) is 0 Å². The molecule has 3 aromatic rings. The largest absolute Gasteiger partial charge is 0.341 e. The second-order valence-electron chi connectivity index (χ2n) is 7.06. The van der Waals surface area contributed by atoms with Gasteiger partial charge in [-0.15, -0.1) is 0 Å². The van der Waals surface area contributed by atoms with Crippen LogP contribution in [0.25, 0.3) is 11.0 Å². The van der Waals surface area contributed by atoms with Gasteiger partial charge in [0.2, 0.25) is 0 Å². The quantitative estimate of drug-likeness (QED) is 0.721. The van der Waals surface area contributed by atoms with Crippen LogP contribution < -0.4 is 5.32 Å². The van der Waals surface area contributed by atoms with Crippen LogP contribution in [0.1, 0.15) is 43.5 Å². The van der Waals surface area contributed by atoms with Crippen molar-refractivity contribution in [1.82, 2.24) is 15.3 Å². The lowest BCUT2D eigenvalue weighted by Crippen LogP contribution is -2.48. The summed E-state index contributed by atoms with van der Waals surface area (Å²) in [5.74, 6) is 1.04. The van der Waals surface area contributed by atoms with Crippen molar-refractivity contribution in [3.8, 4) is 0 Å². The molecule has 1 heterocycles. The minimum Gasteiger partial charge on any atom is -0.341 e. The molecule has 1 fully saturated rings. The molecule has 3 heteroatoms. The summed E-state index contributed by atoms with van der Waals surface area (Å²) < 4.78 is 0. The van der Waals surface area contributed by atoms with E-state index in [9.17, 15) is 0 Å². The lowest BCUT2D eigenvalue weighted by molar-refractivity contribution is 0.225. The first kappa shape index (κ1) is 15.4. The van der Waals surface area contributed by atoms with Crippen molar-refractivity contribution in [1.29, 1.82) is 0 Å². The van der Waals surface area contributed by atoms with Gasteiger partial charge in [0.1, 0.15) is 5.82 Å². The Bertz CT molecular complexity index is 752. The zero-order valence-electron chi connectivity index (χ0n) is 14.1. The molecule has 0 bridgehead atoms. The fraction of sp³-hybridized carbons (Fsp3) is 0.381. The lowest BCUT2D eigenvalue weighted by atomic mass is 9.77. The minimum absolute atomic E-state index is 0.207. The fourth-order valence-corrected chi connectivity index (χ4v) is 3.99. The molecule has 3 nitrogen and oxygen atoms in total. The molecule has 1 saturated carbocycles. The molecule has 0 unspecified atom stereocenters. The van der Waals surface area contributed by atoms with E-state index in [1.54, 1.807) is 0 Å². The van der Waals surface area contributed by atoms with E-state index in [4.69, 9.17) is 4.98 Å². The van der Waals surface area contributed by atoms with Crippen molar-refractivity contribution < 1.29 is 0 Å². The van der Waals surface area contributed by atoms with Gasteiger partial charge >= 0.3 is 0 Å². The predicted molar refractivity (Wildman–Crippen MR) is 98.9 cm³/mol. The average molecular weight is 319 g/mol. The van der Waals surface area contributed by atoms with Crippen molar-refractivity contribution in [2.24, 2.45) is 0 Å². The molecule has 0 radical (unpaired) electrons. The number of rotatable bonds is 5. The maximum atomic E-state index is 4.72. The van der Waals surface area contributed by atoms with Gasteiger partial charge in [0.05, 0.1) is 17.6 Å². The van der Waals surface area contributed by atoms with Gasteiger partial charge in [-0.3, -0.25) is 0 Å². The second kappa shape index (κ2) is 6.78. The zero-order chi connectivity index (χ0) is 16.2. The van der Waals surface area contributed by atoms with Crippen LogP contribution in [0.2, 0.25) is 0 Å². The van der Waals surface area contributed by atoms with E-state index in [1.807, 2.05) is 6.07 Å². The van der Waals surface area contributed by atoms with Gasteiger partial charge in [-0.25, -0.2) is 4.98 Å². The number of hydrogen-bond acceptors (Lipinski definition) is 2. The number of nitrogens with zero attached hydrogens (tertiary/aromatic N) is 1. The molecular formula is C21H25N3. The van der Waals surface area contributed by atoms with E-state index in [0.717, 1.165) is 29.8 Å². The maximum absolute atomic E-state index is 4.72. The number of benzene rings is 2. The summed E-state index contributed by atoms with van der Waals surface area (Å²) in [5.41, 5.74) is 3.81. The molecule has 24 heavy (non-hydrogen) atoms. The highest BCUT2D eigenvalue weighted by molar-refractivity contribution is 5.74. The molecule has 0 amide bonds. The number of imidazole rings is 1. The summed E-state index contributed by atoms with van der Waals surface area (Å²) >= 11 is 0. The van der Waals surface area contributed by atoms with Gasteiger partial charge in [-0.1, -0.05) is 61.7 Å². The van der Waals surface area contributed by atoms with Crippen molar-refractivity contribution >= 4 is 11.0 Å². The number of aromatic nitrogens is 2. The van der Waals surface area contributed by atoms with Crippen LogP contribution in [0.4, 0.5) is 0 Å². The normalized spacial score (nSPS) is 17.2. The SMILES string of the molecule is c1ccc(CC2(NCc3nc4ccccc4[nH]3)CCCCC2)cc1. The standard InChI is InChI=1S/C21H25N3/c1-3-9-17(10-4-1)15-21(13-7-2-8-14-21)22-16-20-23-18-11-5-6-12-19(18)24-20/h1,3-6,9-12,22H,2,7-8,13-16H2,(H,23,24). The van der Waals surface area contributed by atoms with E-state index in [0.29, 0.717) is 0 Å². The van der Waals surface area contributed by atoms with Gasteiger partial charge < -0.3 is 10.3 Å². The third kappa shape index (κ3) is 3.36. The molecule has 124 valence electrons. The number of H-pyrrole nitrogens is 1. The molecule has 1 aromatic heterocycles. The second-order valence-corrected chi connectivity index (χ2v) is 7.06. The van der Waals surface area contributed by atoms with E-state index >= 15 is 0 Å². The molecule has 2 N–H and O–H groups in total. The Kier molecular flexibility index (Phi) is 4.35. The van der Waals surface area contributed by atoms with Crippen LogP contribution >= 0.6 is 0 Å². The summed E-state index contributed by atoms with van der Waals surface area (Å²) in [6, 6.07) is 19.1. The summed E-state index contributed by atoms with van der Waals surface area (Å²) in [4.78, 5) is 8.16. The van der Waals surface area contributed by atoms with Crippen LogP contribution in [-0.4, -0.2) is 15.5 Å². The highest BCUT2D eigenvalue weighted by Crippen LogP contribution is 2.31. The van der Waals surface area contributed by atoms with Crippen LogP contribution in [-0.2, 0) is 13.0 Å². The van der Waals surface area contributed by atoms with Crippen molar-refractivity contribution in [3.05, 3.63) is 66.0 Å². The number of hydrogen-bond donors (Lipinski definition) is 2. The van der Waals surface area contributed by atoms with Crippen LogP contribution in [0.3, 0.4) is 0 Å². The molecule has 0 spiro atoms. The highest BCUT2D eigenvalue weighted by atomic mass is 15.0. The van der Waals surface area contributed by atoms with Gasteiger partial charge in [0.25, 0.3) is 0 Å². The zero-order valence-corrected chi connectivity index (χ0v) is 14.1. The number of nitrogens with one attached hydrogen (secondary N) is 2. The minimum atomic E-state index is 0.207. The Morgan fingerprint density at radius 1 is 0.917 bits per heavy atom. The van der Waals surface area contributed by atoms with E-state index in [2.05, 4.69) is 58.8 Å². The molecule has 2 aromatic carbocycles. The monoisotopic (exact) mass is 319 g/mol. The molecular weight excluding hydrogens is 294 g/mol. The molecule has 1 aliphatic carbocycles. The van der Waals surface area contributed by atoms with Gasteiger partial charge in [-0.05, 0) is 37.0 Å². The summed E-state index contributed by atoms with van der Waals surface area (Å²) in [5, 5.41) is 3.87. The average Bonchev–Trinajstić information content (AvgIpc) is 3.05. The van der Waals surface area contributed by atoms with Crippen molar-refractivity contribution in [2.45, 2.75) is 50.6 Å². The predicted octanol–water partition coefficient (Wildman–Crippen LogP) is 4.60. The third-order valence-electron chi connectivity index (χ3n) is 5.27. The molecule has 0 atom stereocenters. The summed E-state index contributed by atoms with van der Waals surface area (Å²) in [7, 11) is 0. The highest BCUT2D eigenvalue weighted by Gasteiger charge is 2.31. The van der Waals surface area contributed by atoms with Gasteiger partial charge in [0, 0.05) is 5.54 Å². The fourth-order valence-electron chi connectivity index (χ4n) is 3.99. The Labute approximate surface area is 143 Å². The van der Waals surface area contributed by atoms with E-state index < -0.39 is 0 Å².